The largest absolute Gasteiger partial charge is 0.388 e. The second kappa shape index (κ2) is 6.67. The number of benzene rings is 1. The third kappa shape index (κ3) is 3.76. The van der Waals surface area contributed by atoms with Crippen molar-refractivity contribution in [1.82, 2.24) is 14.5 Å². The van der Waals surface area contributed by atoms with Crippen LogP contribution in [0.4, 0.5) is 0 Å². The summed E-state index contributed by atoms with van der Waals surface area (Å²) in [4.78, 5) is 31.1. The zero-order chi connectivity index (χ0) is 19.1. The van der Waals surface area contributed by atoms with Crippen molar-refractivity contribution < 1.29 is 9.90 Å². The standard InChI is InChI=1S/C19H24ClN3O3/c1-18(2,3)17(25)22-8-6-19(26,7-9-22)11-23-12-21-15-10-13(20)4-5-14(15)16(23)24/h4-5,10,12,26H,6-9,11H2,1-3H3. The van der Waals surface area contributed by atoms with Crippen LogP contribution >= 0.6 is 11.6 Å². The van der Waals surface area contributed by atoms with Crippen molar-refractivity contribution in [1.29, 1.82) is 0 Å². The molecule has 140 valence electrons. The van der Waals surface area contributed by atoms with Gasteiger partial charge in [0.05, 0.1) is 29.4 Å². The Balaban J connectivity index is 1.77. The van der Waals surface area contributed by atoms with E-state index in [2.05, 4.69) is 4.98 Å². The molecule has 1 aromatic carbocycles. The zero-order valence-electron chi connectivity index (χ0n) is 15.3. The molecule has 1 aromatic heterocycles. The lowest BCUT2D eigenvalue weighted by Crippen LogP contribution is -2.51. The number of piperidine rings is 1. The molecular formula is C19H24ClN3O3. The van der Waals surface area contributed by atoms with E-state index in [9.17, 15) is 14.7 Å². The highest BCUT2D eigenvalue weighted by molar-refractivity contribution is 6.31. The van der Waals surface area contributed by atoms with Crippen LogP contribution in [0.1, 0.15) is 33.6 Å². The van der Waals surface area contributed by atoms with Crippen LogP contribution < -0.4 is 5.56 Å². The van der Waals surface area contributed by atoms with E-state index >= 15 is 0 Å². The number of aromatic nitrogens is 2. The first-order chi connectivity index (χ1) is 12.1. The molecule has 7 heteroatoms. The van der Waals surface area contributed by atoms with Gasteiger partial charge in [0.15, 0.2) is 0 Å². The molecule has 3 rings (SSSR count). The summed E-state index contributed by atoms with van der Waals surface area (Å²) in [5.41, 5.74) is -1.12. The molecule has 6 nitrogen and oxygen atoms in total. The van der Waals surface area contributed by atoms with Crippen molar-refractivity contribution in [2.75, 3.05) is 13.1 Å². The molecule has 2 aromatic rings. The fourth-order valence-corrected chi connectivity index (χ4v) is 3.49. The topological polar surface area (TPSA) is 75.4 Å². The minimum absolute atomic E-state index is 0.0842. The number of aliphatic hydroxyl groups is 1. The molecule has 1 saturated heterocycles. The molecule has 1 amide bonds. The molecule has 1 aliphatic heterocycles. The van der Waals surface area contributed by atoms with E-state index in [1.807, 2.05) is 20.8 Å². The highest BCUT2D eigenvalue weighted by Crippen LogP contribution is 2.27. The number of carbonyl (C=O) groups excluding carboxylic acids is 1. The summed E-state index contributed by atoms with van der Waals surface area (Å²) in [6.45, 7) is 6.80. The number of rotatable bonds is 2. The van der Waals surface area contributed by atoms with Crippen LogP contribution in [0.3, 0.4) is 0 Å². The maximum atomic E-state index is 12.7. The second-order valence-electron chi connectivity index (χ2n) is 8.11. The normalized spacial score (nSPS) is 17.5. The van der Waals surface area contributed by atoms with Crippen LogP contribution in [0.25, 0.3) is 10.9 Å². The van der Waals surface area contributed by atoms with Gasteiger partial charge in [-0.1, -0.05) is 32.4 Å². The summed E-state index contributed by atoms with van der Waals surface area (Å²) in [5, 5.41) is 11.9. The van der Waals surface area contributed by atoms with Gasteiger partial charge in [-0.3, -0.25) is 14.2 Å². The Labute approximate surface area is 157 Å². The number of fused-ring (bicyclic) bond motifs is 1. The molecule has 1 aliphatic rings. The monoisotopic (exact) mass is 377 g/mol. The van der Waals surface area contributed by atoms with Crippen molar-refractivity contribution >= 4 is 28.4 Å². The van der Waals surface area contributed by atoms with Gasteiger partial charge < -0.3 is 10.0 Å². The maximum absolute atomic E-state index is 12.7. The third-order valence-electron chi connectivity index (χ3n) is 4.87. The summed E-state index contributed by atoms with van der Waals surface area (Å²) < 4.78 is 1.44. The van der Waals surface area contributed by atoms with Crippen molar-refractivity contribution in [3.63, 3.8) is 0 Å². The molecule has 0 radical (unpaired) electrons. The summed E-state index contributed by atoms with van der Waals surface area (Å²) in [6.07, 6.45) is 2.31. The minimum atomic E-state index is -1.03. The summed E-state index contributed by atoms with van der Waals surface area (Å²) in [7, 11) is 0. The van der Waals surface area contributed by atoms with Crippen LogP contribution in [-0.2, 0) is 11.3 Å². The van der Waals surface area contributed by atoms with E-state index in [1.165, 1.54) is 10.9 Å². The molecule has 0 saturated carbocycles. The number of likely N-dealkylation sites (tertiary alicyclic amines) is 1. The smallest absolute Gasteiger partial charge is 0.261 e. The summed E-state index contributed by atoms with van der Waals surface area (Å²) in [5.74, 6) is 0.0842. The lowest BCUT2D eigenvalue weighted by atomic mass is 9.88. The first-order valence-corrected chi connectivity index (χ1v) is 9.13. The average Bonchev–Trinajstić information content (AvgIpc) is 2.56. The van der Waals surface area contributed by atoms with Crippen LogP contribution in [0, 0.1) is 5.41 Å². The number of halogens is 1. The van der Waals surface area contributed by atoms with Gasteiger partial charge >= 0.3 is 0 Å². The minimum Gasteiger partial charge on any atom is -0.388 e. The van der Waals surface area contributed by atoms with E-state index < -0.39 is 11.0 Å². The van der Waals surface area contributed by atoms with Crippen molar-refractivity contribution in [2.45, 2.75) is 45.8 Å². The van der Waals surface area contributed by atoms with Crippen molar-refractivity contribution in [3.05, 3.63) is 39.9 Å². The van der Waals surface area contributed by atoms with E-state index in [0.29, 0.717) is 41.9 Å². The molecule has 1 fully saturated rings. The Bertz CT molecular complexity index is 893. The van der Waals surface area contributed by atoms with Gasteiger partial charge in [-0.15, -0.1) is 0 Å². The Morgan fingerprint density at radius 2 is 1.96 bits per heavy atom. The van der Waals surface area contributed by atoms with E-state index in [4.69, 9.17) is 11.6 Å². The quantitative estimate of drug-likeness (QED) is 0.872. The predicted octanol–water partition coefficient (Wildman–Crippen LogP) is 2.45. The van der Waals surface area contributed by atoms with Crippen LogP contribution in [-0.4, -0.2) is 44.2 Å². The highest BCUT2D eigenvalue weighted by atomic mass is 35.5. The van der Waals surface area contributed by atoms with Gasteiger partial charge in [-0.25, -0.2) is 4.98 Å². The fraction of sp³-hybridized carbons (Fsp3) is 0.526. The van der Waals surface area contributed by atoms with Gasteiger partial charge in [0.25, 0.3) is 5.56 Å². The molecule has 1 N–H and O–H groups in total. The van der Waals surface area contributed by atoms with E-state index in [0.717, 1.165) is 0 Å². The molecular weight excluding hydrogens is 354 g/mol. The van der Waals surface area contributed by atoms with Gasteiger partial charge in [0.2, 0.25) is 5.91 Å². The third-order valence-corrected chi connectivity index (χ3v) is 5.11. The molecule has 0 unspecified atom stereocenters. The van der Waals surface area contributed by atoms with Crippen molar-refractivity contribution in [2.24, 2.45) is 5.41 Å². The SMILES string of the molecule is CC(C)(C)C(=O)N1CCC(O)(Cn2cnc3cc(Cl)ccc3c2=O)CC1. The van der Waals surface area contributed by atoms with Crippen LogP contribution in [0.5, 0.6) is 0 Å². The number of hydrogen-bond donors (Lipinski definition) is 1. The van der Waals surface area contributed by atoms with Gasteiger partial charge in [0.1, 0.15) is 0 Å². The molecule has 0 bridgehead atoms. The number of carbonyl (C=O) groups is 1. The summed E-state index contributed by atoms with van der Waals surface area (Å²) >= 11 is 5.94. The van der Waals surface area contributed by atoms with Crippen LogP contribution in [0.15, 0.2) is 29.3 Å². The number of nitrogens with zero attached hydrogens (tertiary/aromatic N) is 3. The molecule has 0 aliphatic carbocycles. The Kier molecular flexibility index (Phi) is 4.84. The Morgan fingerprint density at radius 3 is 2.58 bits per heavy atom. The first kappa shape index (κ1) is 18.9. The van der Waals surface area contributed by atoms with Gasteiger partial charge in [-0.05, 0) is 31.0 Å². The van der Waals surface area contributed by atoms with Crippen molar-refractivity contribution in [3.8, 4) is 0 Å². The average molecular weight is 378 g/mol. The predicted molar refractivity (Wildman–Crippen MR) is 101 cm³/mol. The van der Waals surface area contributed by atoms with E-state index in [-0.39, 0.29) is 18.0 Å². The Morgan fingerprint density at radius 1 is 1.31 bits per heavy atom. The van der Waals surface area contributed by atoms with Gasteiger partial charge in [-0.2, -0.15) is 0 Å². The number of hydrogen-bond acceptors (Lipinski definition) is 4. The zero-order valence-corrected chi connectivity index (χ0v) is 16.1. The summed E-state index contributed by atoms with van der Waals surface area (Å²) in [6, 6.07) is 4.95. The molecule has 0 atom stereocenters. The highest BCUT2D eigenvalue weighted by Gasteiger charge is 2.37. The van der Waals surface area contributed by atoms with E-state index in [1.54, 1.807) is 23.1 Å². The maximum Gasteiger partial charge on any atom is 0.261 e. The Hall–Kier alpha value is -1.92. The van der Waals surface area contributed by atoms with Gasteiger partial charge in [0, 0.05) is 23.5 Å². The molecule has 26 heavy (non-hydrogen) atoms. The fourth-order valence-electron chi connectivity index (χ4n) is 3.32. The lowest BCUT2D eigenvalue weighted by molar-refractivity contribution is -0.144. The van der Waals surface area contributed by atoms with Crippen LogP contribution in [0.2, 0.25) is 5.02 Å². The molecule has 0 spiro atoms. The second-order valence-corrected chi connectivity index (χ2v) is 8.54. The number of amides is 1. The first-order valence-electron chi connectivity index (χ1n) is 8.76. The molecule has 2 heterocycles. The lowest BCUT2D eigenvalue weighted by Gasteiger charge is -2.40.